The molecule has 0 fully saturated rings. The molecule has 3 heterocycles. The normalized spacial score (nSPS) is 11.5. The highest BCUT2D eigenvalue weighted by Crippen LogP contribution is 2.28. The lowest BCUT2D eigenvalue weighted by molar-refractivity contribution is -0.137. The lowest BCUT2D eigenvalue weighted by atomic mass is 10.2. The second kappa shape index (κ2) is 6.52. The van der Waals surface area contributed by atoms with Gasteiger partial charge in [-0.25, -0.2) is 9.97 Å². The Morgan fingerprint density at radius 3 is 2.50 bits per heavy atom. The predicted molar refractivity (Wildman–Crippen MR) is 81.7 cm³/mol. The SMILES string of the molecule is COc1ccc(-c2nsc(Cc3ccc(C(F)(F)F)cn3)n2)nc1. The van der Waals surface area contributed by atoms with Crippen LogP contribution in [-0.4, -0.2) is 26.4 Å². The molecule has 9 heteroatoms. The number of ether oxygens (including phenoxy) is 1. The van der Waals surface area contributed by atoms with Crippen molar-refractivity contribution in [3.63, 3.8) is 0 Å². The standard InChI is InChI=1S/C15H11F3N4OS/c1-23-11-4-5-12(20-8-11)14-21-13(24-22-14)6-10-3-2-9(7-19-10)15(16,17)18/h2-5,7-8H,6H2,1H3. The average Bonchev–Trinajstić information content (AvgIpc) is 3.03. The van der Waals surface area contributed by atoms with Crippen molar-refractivity contribution in [1.29, 1.82) is 0 Å². The molecule has 0 saturated heterocycles. The molecule has 0 amide bonds. The van der Waals surface area contributed by atoms with E-state index in [1.165, 1.54) is 6.07 Å². The van der Waals surface area contributed by atoms with Crippen molar-refractivity contribution in [3.8, 4) is 17.3 Å². The van der Waals surface area contributed by atoms with Crippen molar-refractivity contribution in [2.45, 2.75) is 12.6 Å². The molecule has 124 valence electrons. The fourth-order valence-electron chi connectivity index (χ4n) is 1.92. The van der Waals surface area contributed by atoms with E-state index < -0.39 is 11.7 Å². The number of alkyl halides is 3. The summed E-state index contributed by atoms with van der Waals surface area (Å²) in [5, 5.41) is 0.648. The van der Waals surface area contributed by atoms with Crippen LogP contribution < -0.4 is 4.74 Å². The maximum absolute atomic E-state index is 12.5. The van der Waals surface area contributed by atoms with Crippen LogP contribution in [0.1, 0.15) is 16.3 Å². The maximum atomic E-state index is 12.5. The molecule has 0 saturated carbocycles. The molecule has 3 rings (SSSR count). The van der Waals surface area contributed by atoms with Gasteiger partial charge in [0, 0.05) is 18.3 Å². The highest BCUT2D eigenvalue weighted by atomic mass is 32.1. The fourth-order valence-corrected chi connectivity index (χ4v) is 2.58. The second-order valence-electron chi connectivity index (χ2n) is 4.81. The van der Waals surface area contributed by atoms with Gasteiger partial charge in [-0.05, 0) is 35.8 Å². The predicted octanol–water partition coefficient (Wildman–Crippen LogP) is 3.61. The Morgan fingerprint density at radius 2 is 1.92 bits per heavy atom. The Balaban J connectivity index is 1.73. The van der Waals surface area contributed by atoms with Crippen LogP contribution in [0.15, 0.2) is 36.7 Å². The van der Waals surface area contributed by atoms with Crippen molar-refractivity contribution < 1.29 is 17.9 Å². The average molecular weight is 352 g/mol. The van der Waals surface area contributed by atoms with Gasteiger partial charge in [-0.3, -0.25) is 4.98 Å². The number of halogens is 3. The number of nitrogens with zero attached hydrogens (tertiary/aromatic N) is 4. The van der Waals surface area contributed by atoms with Crippen LogP contribution >= 0.6 is 11.5 Å². The molecule has 0 aliphatic carbocycles. The van der Waals surface area contributed by atoms with Gasteiger partial charge in [0.25, 0.3) is 0 Å². The Labute approximate surface area is 139 Å². The zero-order valence-corrected chi connectivity index (χ0v) is 13.2. The molecular weight excluding hydrogens is 341 g/mol. The molecule has 5 nitrogen and oxygen atoms in total. The van der Waals surface area contributed by atoms with Gasteiger partial charge in [-0.15, -0.1) is 0 Å². The summed E-state index contributed by atoms with van der Waals surface area (Å²) in [7, 11) is 1.55. The van der Waals surface area contributed by atoms with Gasteiger partial charge in [-0.2, -0.15) is 17.5 Å². The molecular formula is C15H11F3N4OS. The Kier molecular flexibility index (Phi) is 4.43. The topological polar surface area (TPSA) is 60.8 Å². The summed E-state index contributed by atoms with van der Waals surface area (Å²) < 4.78 is 46.8. The zero-order chi connectivity index (χ0) is 17.2. The Bertz CT molecular complexity index is 816. The number of hydrogen-bond acceptors (Lipinski definition) is 6. The molecule has 0 N–H and O–H groups in total. The zero-order valence-electron chi connectivity index (χ0n) is 12.4. The van der Waals surface area contributed by atoms with E-state index in [2.05, 4.69) is 19.3 Å². The molecule has 3 aromatic rings. The van der Waals surface area contributed by atoms with E-state index in [4.69, 9.17) is 4.74 Å². The van der Waals surface area contributed by atoms with Crippen LogP contribution in [0.4, 0.5) is 13.2 Å². The van der Waals surface area contributed by atoms with E-state index in [0.29, 0.717) is 34.4 Å². The molecule has 0 aliphatic rings. The quantitative estimate of drug-likeness (QED) is 0.718. The summed E-state index contributed by atoms with van der Waals surface area (Å²) in [6.07, 6.45) is -1.69. The van der Waals surface area contributed by atoms with E-state index in [9.17, 15) is 13.2 Å². The van der Waals surface area contributed by atoms with Crippen LogP contribution in [0.5, 0.6) is 5.75 Å². The van der Waals surface area contributed by atoms with Crippen LogP contribution in [0.2, 0.25) is 0 Å². The summed E-state index contributed by atoms with van der Waals surface area (Å²) in [5.41, 5.74) is 0.318. The van der Waals surface area contributed by atoms with Gasteiger partial charge in [0.05, 0.1) is 18.9 Å². The Hall–Kier alpha value is -2.55. The number of methoxy groups -OCH3 is 1. The van der Waals surface area contributed by atoms with Gasteiger partial charge >= 0.3 is 6.18 Å². The molecule has 0 aromatic carbocycles. The van der Waals surface area contributed by atoms with Gasteiger partial charge in [0.15, 0.2) is 5.82 Å². The number of pyridine rings is 2. The Morgan fingerprint density at radius 1 is 1.08 bits per heavy atom. The first-order valence-corrected chi connectivity index (χ1v) is 7.58. The largest absolute Gasteiger partial charge is 0.495 e. The molecule has 0 aliphatic heterocycles. The lowest BCUT2D eigenvalue weighted by Gasteiger charge is -2.05. The minimum absolute atomic E-state index is 0.311. The van der Waals surface area contributed by atoms with Crippen LogP contribution in [-0.2, 0) is 12.6 Å². The van der Waals surface area contributed by atoms with Crippen molar-refractivity contribution in [2.75, 3.05) is 7.11 Å². The highest BCUT2D eigenvalue weighted by molar-refractivity contribution is 7.05. The summed E-state index contributed by atoms with van der Waals surface area (Å²) in [6.45, 7) is 0. The van der Waals surface area contributed by atoms with Crippen LogP contribution in [0.3, 0.4) is 0 Å². The molecule has 0 spiro atoms. The van der Waals surface area contributed by atoms with Crippen molar-refractivity contribution in [3.05, 3.63) is 52.9 Å². The van der Waals surface area contributed by atoms with E-state index in [-0.39, 0.29) is 0 Å². The molecule has 0 unspecified atom stereocenters. The summed E-state index contributed by atoms with van der Waals surface area (Å²) >= 11 is 1.16. The van der Waals surface area contributed by atoms with Gasteiger partial charge < -0.3 is 4.74 Å². The van der Waals surface area contributed by atoms with E-state index in [1.54, 1.807) is 25.4 Å². The summed E-state index contributed by atoms with van der Waals surface area (Å²) in [5.74, 6) is 1.09. The third-order valence-corrected chi connectivity index (χ3v) is 3.86. The van der Waals surface area contributed by atoms with Crippen molar-refractivity contribution in [2.24, 2.45) is 0 Å². The monoisotopic (exact) mass is 352 g/mol. The van der Waals surface area contributed by atoms with Crippen LogP contribution in [0.25, 0.3) is 11.5 Å². The highest BCUT2D eigenvalue weighted by Gasteiger charge is 2.30. The van der Waals surface area contributed by atoms with Gasteiger partial charge in [0.2, 0.25) is 0 Å². The van der Waals surface area contributed by atoms with E-state index in [1.807, 2.05) is 0 Å². The van der Waals surface area contributed by atoms with Gasteiger partial charge in [0.1, 0.15) is 16.5 Å². The third-order valence-electron chi connectivity index (χ3n) is 3.15. The maximum Gasteiger partial charge on any atom is 0.417 e. The third kappa shape index (κ3) is 3.67. The molecule has 0 atom stereocenters. The summed E-state index contributed by atoms with van der Waals surface area (Å²) in [6, 6.07) is 5.84. The van der Waals surface area contributed by atoms with Crippen molar-refractivity contribution in [1.82, 2.24) is 19.3 Å². The minimum atomic E-state index is -4.39. The van der Waals surface area contributed by atoms with Crippen LogP contribution in [0, 0.1) is 0 Å². The minimum Gasteiger partial charge on any atom is -0.495 e. The van der Waals surface area contributed by atoms with E-state index >= 15 is 0 Å². The fraction of sp³-hybridized carbons (Fsp3) is 0.200. The number of aromatic nitrogens is 4. The lowest BCUT2D eigenvalue weighted by Crippen LogP contribution is -2.06. The molecule has 0 bridgehead atoms. The summed E-state index contributed by atoms with van der Waals surface area (Å²) in [4.78, 5) is 12.4. The smallest absolute Gasteiger partial charge is 0.417 e. The first-order chi connectivity index (χ1) is 11.5. The second-order valence-corrected chi connectivity index (χ2v) is 5.64. The van der Waals surface area contributed by atoms with E-state index in [0.717, 1.165) is 23.8 Å². The molecule has 24 heavy (non-hydrogen) atoms. The van der Waals surface area contributed by atoms with Crippen molar-refractivity contribution >= 4 is 11.5 Å². The number of hydrogen-bond donors (Lipinski definition) is 0. The number of rotatable bonds is 4. The molecule has 0 radical (unpaired) electrons. The first-order valence-electron chi connectivity index (χ1n) is 6.81. The molecule has 3 aromatic heterocycles. The first kappa shape index (κ1) is 16.3. The van der Waals surface area contributed by atoms with Gasteiger partial charge in [-0.1, -0.05) is 0 Å².